The van der Waals surface area contributed by atoms with Crippen LogP contribution in [0.15, 0.2) is 48.1 Å². The minimum Gasteiger partial charge on any atom is -0.366 e. The summed E-state index contributed by atoms with van der Waals surface area (Å²) in [6.07, 6.45) is 5.42. The molecule has 0 unspecified atom stereocenters. The number of thioether (sulfide) groups is 1. The van der Waals surface area contributed by atoms with Crippen molar-refractivity contribution in [2.24, 2.45) is 5.73 Å². The molecule has 0 aliphatic heterocycles. The average molecular weight is 315 g/mol. The van der Waals surface area contributed by atoms with E-state index in [-0.39, 0.29) is 0 Å². The third kappa shape index (κ3) is 3.14. The van der Waals surface area contributed by atoms with Gasteiger partial charge in [0, 0.05) is 30.3 Å². The van der Waals surface area contributed by atoms with E-state index in [1.165, 1.54) is 0 Å². The first-order chi connectivity index (χ1) is 10.7. The lowest BCUT2D eigenvalue weighted by Gasteiger charge is -2.05. The first kappa shape index (κ1) is 14.3. The maximum absolute atomic E-state index is 11.1. The summed E-state index contributed by atoms with van der Waals surface area (Å²) >= 11 is 1.54. The number of hydrogen-bond acceptors (Lipinski definition) is 6. The lowest BCUT2D eigenvalue weighted by Crippen LogP contribution is -2.11. The van der Waals surface area contributed by atoms with Crippen LogP contribution >= 0.6 is 11.8 Å². The molecule has 0 fully saturated rings. The molecule has 0 saturated heterocycles. The number of benzene rings is 1. The van der Waals surface area contributed by atoms with Crippen molar-refractivity contribution in [1.82, 2.24) is 29.8 Å². The number of tetrazole rings is 1. The van der Waals surface area contributed by atoms with Crippen LogP contribution in [-0.2, 0) is 6.54 Å². The zero-order valence-corrected chi connectivity index (χ0v) is 12.3. The maximum Gasteiger partial charge on any atom is 0.248 e. The third-order valence-corrected chi connectivity index (χ3v) is 3.88. The summed E-state index contributed by atoms with van der Waals surface area (Å²) < 4.78 is 3.62. The van der Waals surface area contributed by atoms with Crippen LogP contribution in [0.3, 0.4) is 0 Å². The lowest BCUT2D eigenvalue weighted by atomic mass is 10.2. The molecule has 22 heavy (non-hydrogen) atoms. The van der Waals surface area contributed by atoms with Crippen molar-refractivity contribution in [3.05, 3.63) is 48.5 Å². The summed E-state index contributed by atoms with van der Waals surface area (Å²) in [5.74, 6) is 0.356. The topological polar surface area (TPSA) is 105 Å². The minimum absolute atomic E-state index is 0.450. The molecule has 2 aromatic heterocycles. The van der Waals surface area contributed by atoms with Crippen molar-refractivity contribution in [3.8, 4) is 5.69 Å². The Morgan fingerprint density at radius 2 is 2.09 bits per heavy atom. The number of carbonyl (C=O) groups excluding carboxylic acids is 1. The van der Waals surface area contributed by atoms with E-state index >= 15 is 0 Å². The quantitative estimate of drug-likeness (QED) is 0.673. The number of aromatic nitrogens is 6. The first-order valence-corrected chi connectivity index (χ1v) is 7.50. The molecule has 8 nitrogen and oxygen atoms in total. The molecule has 112 valence electrons. The monoisotopic (exact) mass is 315 g/mol. The van der Waals surface area contributed by atoms with Crippen LogP contribution in [-0.4, -0.2) is 41.4 Å². The molecule has 0 aliphatic carbocycles. The Hall–Kier alpha value is -2.68. The highest BCUT2D eigenvalue weighted by molar-refractivity contribution is 7.99. The van der Waals surface area contributed by atoms with E-state index in [4.69, 9.17) is 5.73 Å². The van der Waals surface area contributed by atoms with Gasteiger partial charge in [-0.3, -0.25) is 4.79 Å². The Morgan fingerprint density at radius 1 is 1.27 bits per heavy atom. The zero-order valence-electron chi connectivity index (χ0n) is 11.5. The Morgan fingerprint density at radius 3 is 2.77 bits per heavy atom. The molecule has 0 atom stereocenters. The van der Waals surface area contributed by atoms with Crippen LogP contribution in [0.1, 0.15) is 10.4 Å². The number of hydrogen-bond donors (Lipinski definition) is 1. The smallest absolute Gasteiger partial charge is 0.248 e. The van der Waals surface area contributed by atoms with Crippen molar-refractivity contribution >= 4 is 17.7 Å². The molecule has 3 rings (SSSR count). The molecule has 1 amide bonds. The van der Waals surface area contributed by atoms with Gasteiger partial charge in [-0.1, -0.05) is 11.8 Å². The van der Waals surface area contributed by atoms with Gasteiger partial charge in [-0.05, 0) is 34.7 Å². The van der Waals surface area contributed by atoms with Crippen molar-refractivity contribution in [2.45, 2.75) is 11.7 Å². The van der Waals surface area contributed by atoms with Gasteiger partial charge in [-0.25, -0.2) is 4.98 Å². The van der Waals surface area contributed by atoms with E-state index in [2.05, 4.69) is 20.5 Å². The number of nitrogens with zero attached hydrogens (tertiary/aromatic N) is 6. The van der Waals surface area contributed by atoms with Crippen LogP contribution < -0.4 is 5.73 Å². The summed E-state index contributed by atoms with van der Waals surface area (Å²) in [6, 6.07) is 6.82. The Labute approximate surface area is 130 Å². The number of primary amides is 1. The van der Waals surface area contributed by atoms with Gasteiger partial charge in [0.05, 0.1) is 12.0 Å². The first-order valence-electron chi connectivity index (χ1n) is 6.51. The molecule has 0 bridgehead atoms. The van der Waals surface area contributed by atoms with E-state index in [1.54, 1.807) is 53.2 Å². The molecular formula is C13H13N7OS. The molecule has 0 spiro atoms. The largest absolute Gasteiger partial charge is 0.366 e. The molecule has 0 aliphatic rings. The second-order valence-corrected chi connectivity index (χ2v) is 5.50. The van der Waals surface area contributed by atoms with Crippen molar-refractivity contribution in [3.63, 3.8) is 0 Å². The van der Waals surface area contributed by atoms with Crippen molar-refractivity contribution < 1.29 is 4.79 Å². The van der Waals surface area contributed by atoms with Gasteiger partial charge in [0.1, 0.15) is 0 Å². The third-order valence-electron chi connectivity index (χ3n) is 2.98. The van der Waals surface area contributed by atoms with Gasteiger partial charge in [0.15, 0.2) is 0 Å². The summed E-state index contributed by atoms with van der Waals surface area (Å²) in [5.41, 5.74) is 6.45. The van der Waals surface area contributed by atoms with E-state index in [0.29, 0.717) is 10.7 Å². The maximum atomic E-state index is 11.1. The molecular weight excluding hydrogens is 302 g/mol. The fraction of sp³-hybridized carbons (Fsp3) is 0.154. The highest BCUT2D eigenvalue weighted by atomic mass is 32.2. The Kier molecular flexibility index (Phi) is 4.15. The molecule has 0 saturated carbocycles. The van der Waals surface area contributed by atoms with Gasteiger partial charge in [-0.2, -0.15) is 4.68 Å². The van der Waals surface area contributed by atoms with Gasteiger partial charge in [0.2, 0.25) is 11.1 Å². The number of aryl methyl sites for hydroxylation is 1. The summed E-state index contributed by atoms with van der Waals surface area (Å²) in [7, 11) is 0. The van der Waals surface area contributed by atoms with Gasteiger partial charge < -0.3 is 10.3 Å². The highest BCUT2D eigenvalue weighted by Crippen LogP contribution is 2.18. The number of nitrogens with two attached hydrogens (primary N) is 1. The molecule has 1 aromatic carbocycles. The fourth-order valence-corrected chi connectivity index (χ4v) is 2.70. The summed E-state index contributed by atoms with van der Waals surface area (Å²) in [6.45, 7) is 0.818. The second kappa shape index (κ2) is 6.39. The second-order valence-electron chi connectivity index (χ2n) is 4.43. The van der Waals surface area contributed by atoms with Gasteiger partial charge in [-0.15, -0.1) is 5.10 Å². The standard InChI is InChI=1S/C13H13N7OS/c14-12(21)10-1-3-11(4-2-10)20-13(16-17-18-20)22-8-7-19-6-5-15-9-19/h1-6,9H,7-8H2,(H2,14,21). The Balaban J connectivity index is 1.69. The molecule has 2 N–H and O–H groups in total. The Bertz CT molecular complexity index is 751. The number of amides is 1. The van der Waals surface area contributed by atoms with E-state index in [9.17, 15) is 4.79 Å². The lowest BCUT2D eigenvalue weighted by molar-refractivity contribution is 0.100. The van der Waals surface area contributed by atoms with Crippen LogP contribution in [0.25, 0.3) is 5.69 Å². The number of imidazole rings is 1. The van der Waals surface area contributed by atoms with Gasteiger partial charge >= 0.3 is 0 Å². The highest BCUT2D eigenvalue weighted by Gasteiger charge is 2.09. The average Bonchev–Trinajstić information content (AvgIpc) is 3.19. The predicted molar refractivity (Wildman–Crippen MR) is 80.6 cm³/mol. The van der Waals surface area contributed by atoms with Crippen molar-refractivity contribution in [1.29, 1.82) is 0 Å². The molecule has 9 heteroatoms. The number of rotatable bonds is 6. The zero-order chi connectivity index (χ0) is 15.4. The number of carbonyl (C=O) groups is 1. The molecule has 3 aromatic rings. The minimum atomic E-state index is -0.460. The van der Waals surface area contributed by atoms with E-state index in [1.807, 2.05) is 10.8 Å². The van der Waals surface area contributed by atoms with Crippen molar-refractivity contribution in [2.75, 3.05) is 5.75 Å². The normalized spacial score (nSPS) is 10.7. The SMILES string of the molecule is NC(=O)c1ccc(-n2nnnc2SCCn2ccnc2)cc1. The van der Waals surface area contributed by atoms with Crippen LogP contribution in [0, 0.1) is 0 Å². The van der Waals surface area contributed by atoms with E-state index < -0.39 is 5.91 Å². The summed E-state index contributed by atoms with van der Waals surface area (Å²) in [5, 5.41) is 12.4. The van der Waals surface area contributed by atoms with Gasteiger partial charge in [0.25, 0.3) is 0 Å². The fourth-order valence-electron chi connectivity index (χ4n) is 1.86. The molecule has 0 radical (unpaired) electrons. The molecule has 2 heterocycles. The van der Waals surface area contributed by atoms with E-state index in [0.717, 1.165) is 18.0 Å². The predicted octanol–water partition coefficient (Wildman–Crippen LogP) is 0.750. The summed E-state index contributed by atoms with van der Waals surface area (Å²) in [4.78, 5) is 15.1. The van der Waals surface area contributed by atoms with Crippen LogP contribution in [0.5, 0.6) is 0 Å². The van der Waals surface area contributed by atoms with Crippen LogP contribution in [0.2, 0.25) is 0 Å². The van der Waals surface area contributed by atoms with Crippen LogP contribution in [0.4, 0.5) is 0 Å².